The molecule has 0 bridgehead atoms. The quantitative estimate of drug-likeness (QED) is 0.657. The van der Waals surface area contributed by atoms with Gasteiger partial charge in [0.2, 0.25) is 5.91 Å². The highest BCUT2D eigenvalue weighted by Gasteiger charge is 2.17. The smallest absolute Gasteiger partial charge is 0.251 e. The predicted octanol–water partition coefficient (Wildman–Crippen LogP) is 0.0714. The van der Waals surface area contributed by atoms with Crippen LogP contribution in [0.3, 0.4) is 0 Å². The Morgan fingerprint density at radius 3 is 2.93 bits per heavy atom. The Balaban J connectivity index is 2.51. The molecule has 1 aromatic rings. The fraction of sp³-hybridized carbons (Fsp3) is 0.200. The molecule has 0 aliphatic carbocycles. The molecule has 0 radical (unpaired) electrons. The minimum atomic E-state index is -0.508. The molecular weight excluding hydrogens is 180 g/mol. The van der Waals surface area contributed by atoms with E-state index in [9.17, 15) is 9.59 Å². The number of hydrogen-bond donors (Lipinski definition) is 2. The largest absolute Gasteiger partial charge is 0.366 e. The summed E-state index contributed by atoms with van der Waals surface area (Å²) >= 11 is 0. The van der Waals surface area contributed by atoms with Gasteiger partial charge in [-0.25, -0.2) is 0 Å². The van der Waals surface area contributed by atoms with Crippen LogP contribution >= 0.6 is 0 Å². The van der Waals surface area contributed by atoms with Crippen molar-refractivity contribution in [1.29, 1.82) is 0 Å². The zero-order valence-corrected chi connectivity index (χ0v) is 7.54. The highest BCUT2D eigenvalue weighted by molar-refractivity contribution is 6.00. The third-order valence-electron chi connectivity index (χ3n) is 2.32. The SMILES string of the molecule is NC(=O)c1ccc2c(c1)C(=O)NCC2. The second-order valence-corrected chi connectivity index (χ2v) is 3.24. The first kappa shape index (κ1) is 8.74. The summed E-state index contributed by atoms with van der Waals surface area (Å²) in [5.41, 5.74) is 7.03. The molecule has 0 spiro atoms. The van der Waals surface area contributed by atoms with Crippen LogP contribution in [0.1, 0.15) is 26.3 Å². The second-order valence-electron chi connectivity index (χ2n) is 3.24. The van der Waals surface area contributed by atoms with E-state index in [0.29, 0.717) is 17.7 Å². The van der Waals surface area contributed by atoms with Gasteiger partial charge in [-0.05, 0) is 24.1 Å². The molecule has 3 N–H and O–H groups in total. The van der Waals surface area contributed by atoms with Crippen LogP contribution in [0.5, 0.6) is 0 Å². The van der Waals surface area contributed by atoms with Gasteiger partial charge in [0.1, 0.15) is 0 Å². The maximum atomic E-state index is 11.4. The lowest BCUT2D eigenvalue weighted by molar-refractivity contribution is 0.0946. The van der Waals surface area contributed by atoms with Gasteiger partial charge in [-0.3, -0.25) is 9.59 Å². The van der Waals surface area contributed by atoms with Crippen LogP contribution in [-0.2, 0) is 6.42 Å². The normalized spacial score (nSPS) is 14.4. The molecule has 4 nitrogen and oxygen atoms in total. The maximum absolute atomic E-state index is 11.4. The fourth-order valence-electron chi connectivity index (χ4n) is 1.57. The number of rotatable bonds is 1. The summed E-state index contributed by atoms with van der Waals surface area (Å²) in [5, 5.41) is 2.71. The minimum Gasteiger partial charge on any atom is -0.366 e. The van der Waals surface area contributed by atoms with Crippen molar-refractivity contribution in [2.45, 2.75) is 6.42 Å². The van der Waals surface area contributed by atoms with Gasteiger partial charge in [-0.1, -0.05) is 6.07 Å². The second kappa shape index (κ2) is 3.14. The lowest BCUT2D eigenvalue weighted by Crippen LogP contribution is -2.32. The van der Waals surface area contributed by atoms with Crippen LogP contribution < -0.4 is 11.1 Å². The Hall–Kier alpha value is -1.84. The van der Waals surface area contributed by atoms with Gasteiger partial charge in [0, 0.05) is 17.7 Å². The van der Waals surface area contributed by atoms with Crippen molar-refractivity contribution in [3.8, 4) is 0 Å². The Labute approximate surface area is 81.1 Å². The molecule has 14 heavy (non-hydrogen) atoms. The van der Waals surface area contributed by atoms with Crippen LogP contribution in [0, 0.1) is 0 Å². The lowest BCUT2D eigenvalue weighted by atomic mass is 9.98. The average Bonchev–Trinajstić information content (AvgIpc) is 2.18. The van der Waals surface area contributed by atoms with Gasteiger partial charge in [-0.15, -0.1) is 0 Å². The van der Waals surface area contributed by atoms with E-state index in [2.05, 4.69) is 5.32 Å². The number of benzene rings is 1. The number of carbonyl (C=O) groups is 2. The number of primary amides is 1. The predicted molar refractivity (Wildman–Crippen MR) is 51.0 cm³/mol. The summed E-state index contributed by atoms with van der Waals surface area (Å²) in [6, 6.07) is 4.99. The summed E-state index contributed by atoms with van der Waals surface area (Å²) in [6.07, 6.45) is 0.806. The third-order valence-corrected chi connectivity index (χ3v) is 2.32. The molecule has 1 heterocycles. The van der Waals surface area contributed by atoms with E-state index in [0.717, 1.165) is 12.0 Å². The van der Waals surface area contributed by atoms with Gasteiger partial charge in [0.15, 0.2) is 0 Å². The topological polar surface area (TPSA) is 72.2 Å². The molecule has 2 rings (SSSR count). The molecular formula is C10H10N2O2. The maximum Gasteiger partial charge on any atom is 0.251 e. The van der Waals surface area contributed by atoms with E-state index in [1.807, 2.05) is 0 Å². The molecule has 0 saturated heterocycles. The first-order valence-corrected chi connectivity index (χ1v) is 4.39. The molecule has 0 saturated carbocycles. The van der Waals surface area contributed by atoms with E-state index in [1.54, 1.807) is 18.2 Å². The van der Waals surface area contributed by atoms with E-state index < -0.39 is 5.91 Å². The van der Waals surface area contributed by atoms with E-state index >= 15 is 0 Å². The van der Waals surface area contributed by atoms with Gasteiger partial charge in [-0.2, -0.15) is 0 Å². The van der Waals surface area contributed by atoms with Gasteiger partial charge >= 0.3 is 0 Å². The summed E-state index contributed by atoms with van der Waals surface area (Å²) in [6.45, 7) is 0.655. The molecule has 0 unspecified atom stereocenters. The van der Waals surface area contributed by atoms with Gasteiger partial charge < -0.3 is 11.1 Å². The average molecular weight is 190 g/mol. The van der Waals surface area contributed by atoms with E-state index in [1.165, 1.54) is 0 Å². The number of amides is 2. The van der Waals surface area contributed by atoms with E-state index in [-0.39, 0.29) is 5.91 Å². The molecule has 4 heteroatoms. The first-order valence-electron chi connectivity index (χ1n) is 4.39. The standard InChI is InChI=1S/C10H10N2O2/c11-9(13)7-2-1-6-3-4-12-10(14)8(6)5-7/h1-2,5H,3-4H2,(H2,11,13)(H,12,14). The molecule has 1 aliphatic heterocycles. The Morgan fingerprint density at radius 2 is 2.21 bits per heavy atom. The van der Waals surface area contributed by atoms with Gasteiger partial charge in [0.25, 0.3) is 5.91 Å². The zero-order chi connectivity index (χ0) is 10.1. The molecule has 72 valence electrons. The number of nitrogens with one attached hydrogen (secondary N) is 1. The molecule has 1 aromatic carbocycles. The monoisotopic (exact) mass is 190 g/mol. The highest BCUT2D eigenvalue weighted by Crippen LogP contribution is 2.15. The summed E-state index contributed by atoms with van der Waals surface area (Å²) in [4.78, 5) is 22.3. The molecule has 0 fully saturated rings. The highest BCUT2D eigenvalue weighted by atomic mass is 16.2. The number of hydrogen-bond acceptors (Lipinski definition) is 2. The molecule has 2 amide bonds. The van der Waals surface area contributed by atoms with Crippen molar-refractivity contribution in [3.63, 3.8) is 0 Å². The van der Waals surface area contributed by atoms with Crippen LogP contribution in [0.4, 0.5) is 0 Å². The van der Waals surface area contributed by atoms with Crippen molar-refractivity contribution in [2.24, 2.45) is 5.73 Å². The summed E-state index contributed by atoms with van der Waals surface area (Å²) in [5.74, 6) is -0.638. The van der Waals surface area contributed by atoms with Crippen molar-refractivity contribution in [1.82, 2.24) is 5.32 Å². The third kappa shape index (κ3) is 1.35. The van der Waals surface area contributed by atoms with Crippen molar-refractivity contribution in [3.05, 3.63) is 34.9 Å². The molecule has 0 atom stereocenters. The zero-order valence-electron chi connectivity index (χ0n) is 7.54. The van der Waals surface area contributed by atoms with Crippen LogP contribution in [0.2, 0.25) is 0 Å². The molecule has 0 aromatic heterocycles. The molecule has 1 aliphatic rings. The Bertz CT molecular complexity index is 413. The van der Waals surface area contributed by atoms with Crippen LogP contribution in [-0.4, -0.2) is 18.4 Å². The number of fused-ring (bicyclic) bond motifs is 1. The van der Waals surface area contributed by atoms with Crippen molar-refractivity contribution >= 4 is 11.8 Å². The van der Waals surface area contributed by atoms with Crippen molar-refractivity contribution in [2.75, 3.05) is 6.54 Å². The van der Waals surface area contributed by atoms with E-state index in [4.69, 9.17) is 5.73 Å². The Kier molecular flexibility index (Phi) is 1.96. The Morgan fingerprint density at radius 1 is 1.43 bits per heavy atom. The van der Waals surface area contributed by atoms with Crippen molar-refractivity contribution < 1.29 is 9.59 Å². The van der Waals surface area contributed by atoms with Crippen LogP contribution in [0.25, 0.3) is 0 Å². The number of nitrogens with two attached hydrogens (primary N) is 1. The lowest BCUT2D eigenvalue weighted by Gasteiger charge is -2.16. The van der Waals surface area contributed by atoms with Crippen LogP contribution in [0.15, 0.2) is 18.2 Å². The summed E-state index contributed by atoms with van der Waals surface area (Å²) < 4.78 is 0. The number of carbonyl (C=O) groups excluding carboxylic acids is 2. The first-order chi connectivity index (χ1) is 6.68. The minimum absolute atomic E-state index is 0.130. The fourth-order valence-corrected chi connectivity index (χ4v) is 1.57. The van der Waals surface area contributed by atoms with Gasteiger partial charge in [0.05, 0.1) is 0 Å². The summed E-state index contributed by atoms with van der Waals surface area (Å²) in [7, 11) is 0.